The molecule has 0 heterocycles. The topological polar surface area (TPSA) is 46.5 Å². The maximum Gasteiger partial charge on any atom is 0.328 e. The van der Waals surface area contributed by atoms with Crippen molar-refractivity contribution in [1.82, 2.24) is 0 Å². The van der Waals surface area contributed by atoms with Gasteiger partial charge in [0.2, 0.25) is 0 Å². The third kappa shape index (κ3) is 2.46. The van der Waals surface area contributed by atoms with Crippen LogP contribution in [0.2, 0.25) is 0 Å². The predicted molar refractivity (Wildman–Crippen MR) is 83.1 cm³/mol. The van der Waals surface area contributed by atoms with Crippen LogP contribution in [0.5, 0.6) is 5.75 Å². The summed E-state index contributed by atoms with van der Waals surface area (Å²) in [6, 6.07) is 13.4. The number of ether oxygens (including phenoxy) is 1. The molecule has 3 heteroatoms. The van der Waals surface area contributed by atoms with Gasteiger partial charge in [0.1, 0.15) is 5.75 Å². The van der Waals surface area contributed by atoms with Crippen LogP contribution >= 0.6 is 0 Å². The number of benzene rings is 2. The molecule has 2 aromatic rings. The molecule has 0 fully saturated rings. The third-order valence-corrected chi connectivity index (χ3v) is 3.51. The molecule has 0 atom stereocenters. The standard InChI is InChI=1S/C18H14O3/c1-21-14-9-8-13-7-6-12-4-2-3-5-15(12)17(11-18(19)20)16(13)10-14/h2-11H,1H3,(H,19,20). The molecule has 1 aliphatic carbocycles. The van der Waals surface area contributed by atoms with Crippen LogP contribution in [0.15, 0.2) is 48.5 Å². The summed E-state index contributed by atoms with van der Waals surface area (Å²) in [4.78, 5) is 11.2. The summed E-state index contributed by atoms with van der Waals surface area (Å²) < 4.78 is 5.26. The summed E-state index contributed by atoms with van der Waals surface area (Å²) in [5, 5.41) is 9.21. The summed E-state index contributed by atoms with van der Waals surface area (Å²) in [6.07, 6.45) is 5.25. The molecule has 0 spiro atoms. The lowest BCUT2D eigenvalue weighted by Gasteiger charge is -2.12. The second-order valence-electron chi connectivity index (χ2n) is 4.77. The van der Waals surface area contributed by atoms with E-state index >= 15 is 0 Å². The quantitative estimate of drug-likeness (QED) is 0.727. The maximum absolute atomic E-state index is 11.2. The minimum Gasteiger partial charge on any atom is -0.497 e. The number of hydrogen-bond acceptors (Lipinski definition) is 2. The lowest BCUT2D eigenvalue weighted by Crippen LogP contribution is -1.97. The van der Waals surface area contributed by atoms with Crippen molar-refractivity contribution in [3.05, 3.63) is 70.8 Å². The zero-order valence-corrected chi connectivity index (χ0v) is 11.5. The van der Waals surface area contributed by atoms with E-state index in [1.807, 2.05) is 54.6 Å². The van der Waals surface area contributed by atoms with Crippen LogP contribution in [-0.2, 0) is 4.79 Å². The molecule has 1 N–H and O–H groups in total. The van der Waals surface area contributed by atoms with Crippen LogP contribution in [0.4, 0.5) is 0 Å². The van der Waals surface area contributed by atoms with E-state index in [-0.39, 0.29) is 0 Å². The number of fused-ring (bicyclic) bond motifs is 2. The van der Waals surface area contributed by atoms with Crippen LogP contribution < -0.4 is 4.74 Å². The van der Waals surface area contributed by atoms with Gasteiger partial charge in [0.15, 0.2) is 0 Å². The number of rotatable bonds is 2. The first-order valence-corrected chi connectivity index (χ1v) is 6.59. The van der Waals surface area contributed by atoms with E-state index in [0.29, 0.717) is 11.3 Å². The van der Waals surface area contributed by atoms with E-state index in [0.717, 1.165) is 22.3 Å². The summed E-state index contributed by atoms with van der Waals surface area (Å²) in [7, 11) is 1.60. The number of methoxy groups -OCH3 is 1. The molecule has 3 nitrogen and oxygen atoms in total. The van der Waals surface area contributed by atoms with Crippen LogP contribution in [0, 0.1) is 0 Å². The van der Waals surface area contributed by atoms with E-state index in [9.17, 15) is 9.90 Å². The molecule has 0 aliphatic heterocycles. The Kier molecular flexibility index (Phi) is 3.32. The van der Waals surface area contributed by atoms with E-state index < -0.39 is 5.97 Å². The van der Waals surface area contributed by atoms with Crippen molar-refractivity contribution < 1.29 is 14.6 Å². The van der Waals surface area contributed by atoms with Gasteiger partial charge in [0.05, 0.1) is 7.11 Å². The largest absolute Gasteiger partial charge is 0.497 e. The van der Waals surface area contributed by atoms with E-state index in [1.54, 1.807) is 7.11 Å². The maximum atomic E-state index is 11.2. The molecular weight excluding hydrogens is 264 g/mol. The zero-order valence-electron chi connectivity index (χ0n) is 11.5. The fraction of sp³-hybridized carbons (Fsp3) is 0.0556. The highest BCUT2D eigenvalue weighted by atomic mass is 16.5. The Labute approximate surface area is 122 Å². The molecule has 0 aromatic heterocycles. The Morgan fingerprint density at radius 3 is 2.48 bits per heavy atom. The summed E-state index contributed by atoms with van der Waals surface area (Å²) in [6.45, 7) is 0. The van der Waals surface area contributed by atoms with Gasteiger partial charge in [0, 0.05) is 6.08 Å². The van der Waals surface area contributed by atoms with Gasteiger partial charge in [-0.25, -0.2) is 4.79 Å². The van der Waals surface area contributed by atoms with Crippen LogP contribution in [0.25, 0.3) is 17.7 Å². The summed E-state index contributed by atoms with van der Waals surface area (Å²) in [5.74, 6) is -0.256. The Morgan fingerprint density at radius 2 is 1.76 bits per heavy atom. The average Bonchev–Trinajstić information content (AvgIpc) is 2.64. The molecule has 104 valence electrons. The van der Waals surface area contributed by atoms with Crippen LogP contribution in [0.3, 0.4) is 0 Å². The monoisotopic (exact) mass is 278 g/mol. The summed E-state index contributed by atoms with van der Waals surface area (Å²) in [5.41, 5.74) is 4.43. The van der Waals surface area contributed by atoms with Gasteiger partial charge in [-0.1, -0.05) is 42.5 Å². The highest BCUT2D eigenvalue weighted by molar-refractivity contribution is 6.01. The van der Waals surface area contributed by atoms with Gasteiger partial charge >= 0.3 is 5.97 Å². The van der Waals surface area contributed by atoms with E-state index in [2.05, 4.69) is 0 Å². The first kappa shape index (κ1) is 13.2. The Bertz CT molecular complexity index is 770. The summed E-state index contributed by atoms with van der Waals surface area (Å²) >= 11 is 0. The molecule has 3 rings (SSSR count). The highest BCUT2D eigenvalue weighted by Crippen LogP contribution is 2.35. The van der Waals surface area contributed by atoms with Crippen molar-refractivity contribution in [2.24, 2.45) is 0 Å². The molecular formula is C18H14O3. The molecule has 1 aliphatic rings. The molecule has 0 bridgehead atoms. The van der Waals surface area contributed by atoms with Crippen molar-refractivity contribution in [3.8, 4) is 5.75 Å². The van der Waals surface area contributed by atoms with Crippen molar-refractivity contribution >= 4 is 23.7 Å². The van der Waals surface area contributed by atoms with Crippen molar-refractivity contribution in [2.45, 2.75) is 0 Å². The third-order valence-electron chi connectivity index (χ3n) is 3.51. The number of carboxylic acid groups (broad SMARTS) is 1. The SMILES string of the molecule is COc1ccc2c(c1)C(=CC(=O)O)c1ccccc1C=C2. The molecule has 2 aromatic carbocycles. The fourth-order valence-corrected chi connectivity index (χ4v) is 2.53. The Balaban J connectivity index is 2.31. The smallest absolute Gasteiger partial charge is 0.328 e. The van der Waals surface area contributed by atoms with Crippen molar-refractivity contribution in [3.63, 3.8) is 0 Å². The molecule has 0 saturated heterocycles. The van der Waals surface area contributed by atoms with Gasteiger partial charge in [-0.3, -0.25) is 0 Å². The number of aliphatic carboxylic acids is 1. The minimum atomic E-state index is -0.963. The van der Waals surface area contributed by atoms with Crippen molar-refractivity contribution in [2.75, 3.05) is 7.11 Å². The predicted octanol–water partition coefficient (Wildman–Crippen LogP) is 3.70. The zero-order chi connectivity index (χ0) is 14.8. The first-order chi connectivity index (χ1) is 10.2. The number of carboxylic acids is 1. The van der Waals surface area contributed by atoms with Crippen LogP contribution in [-0.4, -0.2) is 18.2 Å². The van der Waals surface area contributed by atoms with E-state index in [4.69, 9.17) is 4.74 Å². The van der Waals surface area contributed by atoms with Crippen LogP contribution in [0.1, 0.15) is 22.3 Å². The minimum absolute atomic E-state index is 0.692. The van der Waals surface area contributed by atoms with Gasteiger partial charge in [-0.2, -0.15) is 0 Å². The van der Waals surface area contributed by atoms with Gasteiger partial charge in [-0.05, 0) is 40.0 Å². The molecule has 21 heavy (non-hydrogen) atoms. The van der Waals surface area contributed by atoms with E-state index in [1.165, 1.54) is 6.08 Å². The Hall–Kier alpha value is -2.81. The average molecular weight is 278 g/mol. The van der Waals surface area contributed by atoms with Gasteiger partial charge in [0.25, 0.3) is 0 Å². The second-order valence-corrected chi connectivity index (χ2v) is 4.77. The molecule has 0 unspecified atom stereocenters. The Morgan fingerprint density at radius 1 is 1.05 bits per heavy atom. The number of carbonyl (C=O) groups is 1. The second kappa shape index (κ2) is 5.29. The lowest BCUT2D eigenvalue weighted by atomic mass is 9.93. The first-order valence-electron chi connectivity index (χ1n) is 6.59. The van der Waals surface area contributed by atoms with Gasteiger partial charge < -0.3 is 9.84 Å². The molecule has 0 saturated carbocycles. The number of hydrogen-bond donors (Lipinski definition) is 1. The molecule has 0 amide bonds. The van der Waals surface area contributed by atoms with Crippen molar-refractivity contribution in [1.29, 1.82) is 0 Å². The fourth-order valence-electron chi connectivity index (χ4n) is 2.53. The highest BCUT2D eigenvalue weighted by Gasteiger charge is 2.16. The molecule has 0 radical (unpaired) electrons. The normalized spacial score (nSPS) is 14.2. The lowest BCUT2D eigenvalue weighted by molar-refractivity contribution is -0.131. The van der Waals surface area contributed by atoms with Gasteiger partial charge in [-0.15, -0.1) is 0 Å².